The summed E-state index contributed by atoms with van der Waals surface area (Å²) < 4.78 is 32.2. The Morgan fingerprint density at radius 1 is 1.30 bits per heavy atom. The number of hydrogen-bond donors (Lipinski definition) is 2. The van der Waals surface area contributed by atoms with Gasteiger partial charge in [-0.2, -0.15) is 0 Å². The zero-order valence-corrected chi connectivity index (χ0v) is 13.3. The third kappa shape index (κ3) is 4.19. The Hall–Kier alpha value is -1.11. The van der Waals surface area contributed by atoms with Crippen molar-refractivity contribution in [3.05, 3.63) is 23.8 Å². The summed E-state index contributed by atoms with van der Waals surface area (Å²) in [6.45, 7) is 6.81. The summed E-state index contributed by atoms with van der Waals surface area (Å²) in [6.07, 6.45) is 0. The number of rotatable bonds is 7. The molecule has 3 N–H and O–H groups in total. The summed E-state index contributed by atoms with van der Waals surface area (Å²) in [5.74, 6) is 1.30. The van der Waals surface area contributed by atoms with E-state index in [-0.39, 0.29) is 17.4 Å². The maximum Gasteiger partial charge on any atom is 0.240 e. The normalized spacial score (nSPS) is 13.5. The standard InChI is InChI=1S/C14H24N2O3S/c1-10(2)11(3)9-16-20(17,18)13-5-6-14(19-4)12(7-13)8-15/h5-7,10-11,16H,8-9,15H2,1-4H3. The minimum Gasteiger partial charge on any atom is -0.496 e. The molecule has 0 radical (unpaired) electrons. The Balaban J connectivity index is 2.93. The maximum atomic E-state index is 12.2. The highest BCUT2D eigenvalue weighted by Crippen LogP contribution is 2.22. The molecule has 1 rings (SSSR count). The fraction of sp³-hybridized carbons (Fsp3) is 0.571. The zero-order chi connectivity index (χ0) is 15.3. The fourth-order valence-corrected chi connectivity index (χ4v) is 2.84. The van der Waals surface area contributed by atoms with Gasteiger partial charge in [0.1, 0.15) is 5.75 Å². The summed E-state index contributed by atoms with van der Waals surface area (Å²) in [7, 11) is -1.97. The highest BCUT2D eigenvalue weighted by Gasteiger charge is 2.18. The summed E-state index contributed by atoms with van der Waals surface area (Å²) in [6, 6.07) is 4.71. The third-order valence-electron chi connectivity index (χ3n) is 3.52. The van der Waals surface area contributed by atoms with Gasteiger partial charge >= 0.3 is 0 Å². The number of nitrogens with two attached hydrogens (primary N) is 1. The number of ether oxygens (including phenoxy) is 1. The van der Waals surface area contributed by atoms with E-state index in [0.29, 0.717) is 23.8 Å². The number of benzene rings is 1. The molecule has 1 aromatic carbocycles. The van der Waals surface area contributed by atoms with E-state index < -0.39 is 10.0 Å². The molecule has 5 nitrogen and oxygen atoms in total. The molecule has 0 aliphatic rings. The van der Waals surface area contributed by atoms with Crippen molar-refractivity contribution < 1.29 is 13.2 Å². The topological polar surface area (TPSA) is 81.4 Å². The van der Waals surface area contributed by atoms with E-state index in [0.717, 1.165) is 0 Å². The second kappa shape index (κ2) is 7.06. The second-order valence-corrected chi connectivity index (χ2v) is 7.02. The van der Waals surface area contributed by atoms with E-state index in [9.17, 15) is 8.42 Å². The van der Waals surface area contributed by atoms with Crippen molar-refractivity contribution in [1.82, 2.24) is 4.72 Å². The molecular weight excluding hydrogens is 276 g/mol. The van der Waals surface area contributed by atoms with E-state index in [1.54, 1.807) is 12.1 Å². The first-order chi connectivity index (χ1) is 9.31. The van der Waals surface area contributed by atoms with Crippen LogP contribution in [0.5, 0.6) is 5.75 Å². The van der Waals surface area contributed by atoms with Crippen molar-refractivity contribution in [1.29, 1.82) is 0 Å². The second-order valence-electron chi connectivity index (χ2n) is 5.25. The lowest BCUT2D eigenvalue weighted by Crippen LogP contribution is -2.30. The van der Waals surface area contributed by atoms with Crippen molar-refractivity contribution in [2.45, 2.75) is 32.2 Å². The van der Waals surface area contributed by atoms with Crippen LogP contribution in [-0.4, -0.2) is 22.1 Å². The molecule has 114 valence electrons. The molecule has 0 aliphatic carbocycles. The van der Waals surface area contributed by atoms with Crippen LogP contribution in [0.15, 0.2) is 23.1 Å². The Morgan fingerprint density at radius 2 is 1.95 bits per heavy atom. The van der Waals surface area contributed by atoms with Gasteiger partial charge in [-0.1, -0.05) is 20.8 Å². The molecule has 0 heterocycles. The van der Waals surface area contributed by atoms with Gasteiger partial charge in [-0.25, -0.2) is 13.1 Å². The molecule has 20 heavy (non-hydrogen) atoms. The number of sulfonamides is 1. The van der Waals surface area contributed by atoms with Gasteiger partial charge in [-0.15, -0.1) is 0 Å². The van der Waals surface area contributed by atoms with Crippen LogP contribution in [-0.2, 0) is 16.6 Å². The quantitative estimate of drug-likeness (QED) is 0.803. The highest BCUT2D eigenvalue weighted by molar-refractivity contribution is 7.89. The lowest BCUT2D eigenvalue weighted by molar-refractivity contribution is 0.409. The van der Waals surface area contributed by atoms with Crippen molar-refractivity contribution in [2.75, 3.05) is 13.7 Å². The van der Waals surface area contributed by atoms with Crippen LogP contribution in [0.25, 0.3) is 0 Å². The Morgan fingerprint density at radius 3 is 2.45 bits per heavy atom. The maximum absolute atomic E-state index is 12.2. The predicted octanol–water partition coefficient (Wildman–Crippen LogP) is 1.72. The third-order valence-corrected chi connectivity index (χ3v) is 4.94. The summed E-state index contributed by atoms with van der Waals surface area (Å²) >= 11 is 0. The lowest BCUT2D eigenvalue weighted by Gasteiger charge is -2.16. The molecule has 0 bridgehead atoms. The van der Waals surface area contributed by atoms with Gasteiger partial charge < -0.3 is 10.5 Å². The Kier molecular flexibility index (Phi) is 5.98. The average molecular weight is 300 g/mol. The lowest BCUT2D eigenvalue weighted by atomic mass is 9.99. The van der Waals surface area contributed by atoms with E-state index in [1.165, 1.54) is 13.2 Å². The molecule has 0 saturated heterocycles. The molecule has 0 spiro atoms. The molecule has 1 unspecified atom stereocenters. The highest BCUT2D eigenvalue weighted by atomic mass is 32.2. The van der Waals surface area contributed by atoms with Crippen molar-refractivity contribution in [3.8, 4) is 5.75 Å². The molecular formula is C14H24N2O3S. The molecule has 0 aromatic heterocycles. The van der Waals surface area contributed by atoms with E-state index in [2.05, 4.69) is 18.6 Å². The Labute approximate surface area is 121 Å². The predicted molar refractivity (Wildman–Crippen MR) is 80.1 cm³/mol. The van der Waals surface area contributed by atoms with Crippen LogP contribution in [0.2, 0.25) is 0 Å². The van der Waals surface area contributed by atoms with Crippen molar-refractivity contribution in [3.63, 3.8) is 0 Å². The molecule has 0 aliphatic heterocycles. The van der Waals surface area contributed by atoms with Gasteiger partial charge in [-0.3, -0.25) is 0 Å². The van der Waals surface area contributed by atoms with Gasteiger partial charge in [-0.05, 0) is 30.0 Å². The van der Waals surface area contributed by atoms with Crippen molar-refractivity contribution in [2.24, 2.45) is 17.6 Å². The minimum absolute atomic E-state index is 0.217. The van der Waals surface area contributed by atoms with Crippen LogP contribution in [0.3, 0.4) is 0 Å². The Bertz CT molecular complexity index is 541. The van der Waals surface area contributed by atoms with E-state index in [1.807, 2.05) is 6.92 Å². The molecule has 6 heteroatoms. The minimum atomic E-state index is -3.51. The largest absolute Gasteiger partial charge is 0.496 e. The molecule has 1 aromatic rings. The van der Waals surface area contributed by atoms with Crippen LogP contribution in [0, 0.1) is 11.8 Å². The molecule has 0 fully saturated rings. The zero-order valence-electron chi connectivity index (χ0n) is 12.5. The van der Waals surface area contributed by atoms with Gasteiger partial charge in [0, 0.05) is 18.7 Å². The summed E-state index contributed by atoms with van der Waals surface area (Å²) in [5, 5.41) is 0. The van der Waals surface area contributed by atoms with Crippen molar-refractivity contribution >= 4 is 10.0 Å². The number of hydrogen-bond acceptors (Lipinski definition) is 4. The van der Waals surface area contributed by atoms with Gasteiger partial charge in [0.05, 0.1) is 12.0 Å². The monoisotopic (exact) mass is 300 g/mol. The van der Waals surface area contributed by atoms with Gasteiger partial charge in [0.25, 0.3) is 0 Å². The molecule has 0 saturated carbocycles. The van der Waals surface area contributed by atoms with Gasteiger partial charge in [0.2, 0.25) is 10.0 Å². The van der Waals surface area contributed by atoms with E-state index >= 15 is 0 Å². The SMILES string of the molecule is COc1ccc(S(=O)(=O)NCC(C)C(C)C)cc1CN. The fourth-order valence-electron chi connectivity index (χ4n) is 1.64. The first kappa shape index (κ1) is 16.9. The summed E-state index contributed by atoms with van der Waals surface area (Å²) in [4.78, 5) is 0.217. The molecule has 0 amide bonds. The summed E-state index contributed by atoms with van der Waals surface area (Å²) in [5.41, 5.74) is 6.28. The van der Waals surface area contributed by atoms with Crippen LogP contribution in [0.4, 0.5) is 0 Å². The first-order valence-corrected chi connectivity index (χ1v) is 8.16. The van der Waals surface area contributed by atoms with Crippen LogP contribution < -0.4 is 15.2 Å². The average Bonchev–Trinajstić information content (AvgIpc) is 2.43. The number of methoxy groups -OCH3 is 1. The smallest absolute Gasteiger partial charge is 0.240 e. The van der Waals surface area contributed by atoms with Crippen LogP contribution in [0.1, 0.15) is 26.3 Å². The van der Waals surface area contributed by atoms with Crippen LogP contribution >= 0.6 is 0 Å². The van der Waals surface area contributed by atoms with E-state index in [4.69, 9.17) is 10.5 Å². The van der Waals surface area contributed by atoms with Gasteiger partial charge in [0.15, 0.2) is 0 Å². The number of nitrogens with one attached hydrogen (secondary N) is 1. The molecule has 1 atom stereocenters. The first-order valence-electron chi connectivity index (χ1n) is 6.68.